The van der Waals surface area contributed by atoms with E-state index >= 15 is 0 Å². The number of anilines is 1. The first-order chi connectivity index (χ1) is 13.9. The van der Waals surface area contributed by atoms with Crippen molar-refractivity contribution in [3.8, 4) is 5.75 Å². The summed E-state index contributed by atoms with van der Waals surface area (Å²) in [5, 5.41) is 8.20. The van der Waals surface area contributed by atoms with Gasteiger partial charge in [0, 0.05) is 17.9 Å². The van der Waals surface area contributed by atoms with Crippen LogP contribution in [0, 0.1) is 0 Å². The zero-order chi connectivity index (χ0) is 21.4. The SMILES string of the molecule is CCOC(=O)C1=C(CN(C)CC(=O)Nc2ccc(OC)cc2)NC(=O)N[C@H]1CC. The summed E-state index contributed by atoms with van der Waals surface area (Å²) in [6.45, 7) is 4.13. The van der Waals surface area contributed by atoms with Gasteiger partial charge in [-0.2, -0.15) is 0 Å². The Morgan fingerprint density at radius 3 is 2.48 bits per heavy atom. The lowest BCUT2D eigenvalue weighted by Gasteiger charge is -2.30. The Morgan fingerprint density at radius 1 is 1.21 bits per heavy atom. The van der Waals surface area contributed by atoms with E-state index in [9.17, 15) is 14.4 Å². The summed E-state index contributed by atoms with van der Waals surface area (Å²) in [5.41, 5.74) is 1.48. The van der Waals surface area contributed by atoms with Crippen LogP contribution in [0.3, 0.4) is 0 Å². The maximum absolute atomic E-state index is 12.4. The summed E-state index contributed by atoms with van der Waals surface area (Å²) in [4.78, 5) is 38.4. The first-order valence-electron chi connectivity index (χ1n) is 9.48. The van der Waals surface area contributed by atoms with Gasteiger partial charge < -0.3 is 25.4 Å². The summed E-state index contributed by atoms with van der Waals surface area (Å²) >= 11 is 0. The molecule has 0 unspecified atom stereocenters. The molecule has 9 heteroatoms. The van der Waals surface area contributed by atoms with E-state index in [2.05, 4.69) is 16.0 Å². The molecule has 0 aliphatic carbocycles. The van der Waals surface area contributed by atoms with Crippen molar-refractivity contribution >= 4 is 23.6 Å². The fraction of sp³-hybridized carbons (Fsp3) is 0.450. The van der Waals surface area contributed by atoms with Crippen molar-refractivity contribution in [1.29, 1.82) is 0 Å². The number of carbonyl (C=O) groups excluding carboxylic acids is 3. The van der Waals surface area contributed by atoms with E-state index in [1.165, 1.54) is 0 Å². The number of ether oxygens (including phenoxy) is 2. The minimum absolute atomic E-state index is 0.0751. The molecule has 0 aromatic heterocycles. The molecule has 3 amide bonds. The van der Waals surface area contributed by atoms with Gasteiger partial charge in [0.2, 0.25) is 5.91 Å². The van der Waals surface area contributed by atoms with E-state index in [1.54, 1.807) is 50.2 Å². The molecular formula is C20H28N4O5. The van der Waals surface area contributed by atoms with Crippen LogP contribution in [0.2, 0.25) is 0 Å². The first kappa shape index (κ1) is 22.2. The number of carbonyl (C=O) groups is 3. The Bertz CT molecular complexity index is 776. The molecular weight excluding hydrogens is 376 g/mol. The molecule has 9 nitrogen and oxygen atoms in total. The lowest BCUT2D eigenvalue weighted by molar-refractivity contribution is -0.139. The van der Waals surface area contributed by atoms with E-state index < -0.39 is 12.0 Å². The van der Waals surface area contributed by atoms with Crippen molar-refractivity contribution < 1.29 is 23.9 Å². The van der Waals surface area contributed by atoms with Crippen LogP contribution in [-0.2, 0) is 14.3 Å². The smallest absolute Gasteiger partial charge is 0.337 e. The molecule has 1 aromatic rings. The molecule has 0 saturated carbocycles. The number of rotatable bonds is 9. The second-order valence-corrected chi connectivity index (χ2v) is 6.62. The van der Waals surface area contributed by atoms with E-state index in [-0.39, 0.29) is 31.6 Å². The zero-order valence-electron chi connectivity index (χ0n) is 17.2. The van der Waals surface area contributed by atoms with E-state index in [1.807, 2.05) is 6.92 Å². The Labute approximate surface area is 170 Å². The fourth-order valence-electron chi connectivity index (χ4n) is 3.03. The van der Waals surface area contributed by atoms with Crippen LogP contribution in [0.15, 0.2) is 35.5 Å². The van der Waals surface area contributed by atoms with Crippen LogP contribution in [-0.4, -0.2) is 62.7 Å². The standard InChI is InChI=1S/C20H28N4O5/c1-5-15-18(19(26)29-6-2)16(23-20(27)22-15)11-24(3)12-17(25)21-13-7-9-14(28-4)10-8-13/h7-10,15H,5-6,11-12H2,1-4H3,(H,21,25)(H2,22,23,27)/t15-/m0/s1. The average Bonchev–Trinajstić information content (AvgIpc) is 2.67. The lowest BCUT2D eigenvalue weighted by Crippen LogP contribution is -2.52. The molecule has 1 heterocycles. The normalized spacial score (nSPS) is 16.2. The maximum Gasteiger partial charge on any atom is 0.337 e. The van der Waals surface area contributed by atoms with Gasteiger partial charge in [0.05, 0.1) is 31.9 Å². The topological polar surface area (TPSA) is 109 Å². The van der Waals surface area contributed by atoms with E-state index in [0.29, 0.717) is 29.1 Å². The van der Waals surface area contributed by atoms with Gasteiger partial charge in [0.1, 0.15) is 5.75 Å². The molecule has 158 valence electrons. The van der Waals surface area contributed by atoms with Crippen molar-refractivity contribution in [3.05, 3.63) is 35.5 Å². The Hall–Kier alpha value is -3.07. The molecule has 2 rings (SSSR count). The van der Waals surface area contributed by atoms with Crippen molar-refractivity contribution in [2.75, 3.05) is 39.2 Å². The highest BCUT2D eigenvalue weighted by Crippen LogP contribution is 2.18. The van der Waals surface area contributed by atoms with Crippen LogP contribution in [0.5, 0.6) is 5.75 Å². The number of amides is 3. The van der Waals surface area contributed by atoms with Gasteiger partial charge in [-0.1, -0.05) is 6.92 Å². The fourth-order valence-corrected chi connectivity index (χ4v) is 3.03. The highest BCUT2D eigenvalue weighted by molar-refractivity contribution is 5.95. The quantitative estimate of drug-likeness (QED) is 0.538. The Kier molecular flexibility index (Phi) is 8.02. The molecule has 29 heavy (non-hydrogen) atoms. The monoisotopic (exact) mass is 404 g/mol. The van der Waals surface area contributed by atoms with Gasteiger partial charge in [0.15, 0.2) is 0 Å². The minimum atomic E-state index is -0.474. The third-order valence-electron chi connectivity index (χ3n) is 4.36. The van der Waals surface area contributed by atoms with Crippen LogP contribution >= 0.6 is 0 Å². The highest BCUT2D eigenvalue weighted by Gasteiger charge is 2.31. The Morgan fingerprint density at radius 2 is 1.90 bits per heavy atom. The number of hydrogen-bond acceptors (Lipinski definition) is 6. The van der Waals surface area contributed by atoms with Crippen LogP contribution < -0.4 is 20.7 Å². The summed E-state index contributed by atoms with van der Waals surface area (Å²) < 4.78 is 10.2. The molecule has 0 bridgehead atoms. The predicted octanol–water partition coefficient (Wildman–Crippen LogP) is 1.47. The molecule has 0 fully saturated rings. The van der Waals surface area contributed by atoms with Gasteiger partial charge in [0.25, 0.3) is 0 Å². The number of methoxy groups -OCH3 is 1. The van der Waals surface area contributed by atoms with E-state index in [4.69, 9.17) is 9.47 Å². The molecule has 1 aliphatic rings. The van der Waals surface area contributed by atoms with Crippen LogP contribution in [0.4, 0.5) is 10.5 Å². The molecule has 0 saturated heterocycles. The third-order valence-corrected chi connectivity index (χ3v) is 4.36. The summed E-state index contributed by atoms with van der Waals surface area (Å²) in [6, 6.07) is 6.19. The Balaban J connectivity index is 2.06. The number of esters is 1. The number of urea groups is 1. The number of hydrogen-bond donors (Lipinski definition) is 3. The molecule has 0 spiro atoms. The second kappa shape index (κ2) is 10.5. The average molecular weight is 404 g/mol. The van der Waals surface area contributed by atoms with Gasteiger partial charge in [-0.3, -0.25) is 9.69 Å². The highest BCUT2D eigenvalue weighted by atomic mass is 16.5. The largest absolute Gasteiger partial charge is 0.497 e. The molecule has 1 aromatic carbocycles. The molecule has 1 aliphatic heterocycles. The zero-order valence-corrected chi connectivity index (χ0v) is 17.2. The number of nitrogens with one attached hydrogen (secondary N) is 3. The summed E-state index contributed by atoms with van der Waals surface area (Å²) in [6.07, 6.45) is 0.548. The van der Waals surface area contributed by atoms with Gasteiger partial charge in [-0.05, 0) is 44.7 Å². The van der Waals surface area contributed by atoms with E-state index in [0.717, 1.165) is 0 Å². The van der Waals surface area contributed by atoms with Gasteiger partial charge in [-0.25, -0.2) is 9.59 Å². The summed E-state index contributed by atoms with van der Waals surface area (Å²) in [7, 11) is 3.31. The number of benzene rings is 1. The molecule has 3 N–H and O–H groups in total. The molecule has 1 atom stereocenters. The van der Waals surface area contributed by atoms with Crippen LogP contribution in [0.1, 0.15) is 20.3 Å². The number of nitrogens with zero attached hydrogens (tertiary/aromatic N) is 1. The lowest BCUT2D eigenvalue weighted by atomic mass is 10.00. The summed E-state index contributed by atoms with van der Waals surface area (Å²) in [5.74, 6) is 0.00636. The van der Waals surface area contributed by atoms with Gasteiger partial charge >= 0.3 is 12.0 Å². The van der Waals surface area contributed by atoms with Crippen LogP contribution in [0.25, 0.3) is 0 Å². The minimum Gasteiger partial charge on any atom is -0.497 e. The van der Waals surface area contributed by atoms with Crippen molar-refractivity contribution in [3.63, 3.8) is 0 Å². The second-order valence-electron chi connectivity index (χ2n) is 6.62. The van der Waals surface area contributed by atoms with Crippen molar-refractivity contribution in [2.45, 2.75) is 26.3 Å². The maximum atomic E-state index is 12.4. The molecule has 0 radical (unpaired) electrons. The first-order valence-corrected chi connectivity index (χ1v) is 9.48. The third kappa shape index (κ3) is 6.21. The van der Waals surface area contributed by atoms with Crippen molar-refractivity contribution in [2.24, 2.45) is 0 Å². The van der Waals surface area contributed by atoms with Crippen molar-refractivity contribution in [1.82, 2.24) is 15.5 Å². The predicted molar refractivity (Wildman–Crippen MR) is 109 cm³/mol. The number of likely N-dealkylation sites (N-methyl/N-ethyl adjacent to an activating group) is 1. The van der Waals surface area contributed by atoms with Gasteiger partial charge in [-0.15, -0.1) is 0 Å².